The zero-order chi connectivity index (χ0) is 20.4. The minimum Gasteiger partial charge on any atom is -0.299 e. The van der Waals surface area contributed by atoms with Crippen LogP contribution in [0.15, 0.2) is 54.6 Å². The van der Waals surface area contributed by atoms with Crippen molar-refractivity contribution in [3.8, 4) is 6.07 Å². The first-order chi connectivity index (χ1) is 13.5. The molecule has 0 bridgehead atoms. The highest BCUT2D eigenvalue weighted by Gasteiger charge is 2.28. The molecule has 1 saturated carbocycles. The highest BCUT2D eigenvalue weighted by atomic mass is 19.1. The van der Waals surface area contributed by atoms with Crippen LogP contribution in [0.4, 0.5) is 4.39 Å². The molecule has 0 aromatic heterocycles. The van der Waals surface area contributed by atoms with Crippen LogP contribution in [0.25, 0.3) is 0 Å². The fourth-order valence-electron chi connectivity index (χ4n) is 3.84. The van der Waals surface area contributed by atoms with Crippen LogP contribution in [0.5, 0.6) is 0 Å². The molecule has 3 rings (SSSR count). The third kappa shape index (κ3) is 6.77. The first kappa shape index (κ1) is 22.1. The third-order valence-corrected chi connectivity index (χ3v) is 5.72. The Morgan fingerprint density at radius 2 is 1.71 bits per heavy atom. The van der Waals surface area contributed by atoms with E-state index in [1.54, 1.807) is 6.07 Å². The van der Waals surface area contributed by atoms with Gasteiger partial charge in [0.05, 0.1) is 6.07 Å². The van der Waals surface area contributed by atoms with Crippen molar-refractivity contribution in [1.82, 2.24) is 4.90 Å². The first-order valence-electron chi connectivity index (χ1n) is 10.3. The van der Waals surface area contributed by atoms with E-state index in [1.807, 2.05) is 0 Å². The average Bonchev–Trinajstić information content (AvgIpc) is 3.14. The van der Waals surface area contributed by atoms with E-state index in [4.69, 9.17) is 5.26 Å². The van der Waals surface area contributed by atoms with Crippen LogP contribution in [-0.4, -0.2) is 24.2 Å². The van der Waals surface area contributed by atoms with E-state index in [0.29, 0.717) is 6.04 Å². The Labute approximate surface area is 170 Å². The van der Waals surface area contributed by atoms with Crippen LogP contribution in [0, 0.1) is 11.3 Å². The minimum atomic E-state index is -0.641. The van der Waals surface area contributed by atoms with Crippen molar-refractivity contribution in [2.24, 2.45) is 0 Å². The van der Waals surface area contributed by atoms with Gasteiger partial charge in [-0.05, 0) is 62.8 Å². The smallest absolute Gasteiger partial charge is 0.107 e. The predicted octanol–water partition coefficient (Wildman–Crippen LogP) is 6.28. The number of hydrogen-bond acceptors (Lipinski definition) is 2. The number of aryl methyl sites for hydroxylation is 1. The number of halogens is 1. The molecule has 0 radical (unpaired) electrons. The lowest BCUT2D eigenvalue weighted by Gasteiger charge is -2.25. The van der Waals surface area contributed by atoms with E-state index < -0.39 is 6.17 Å². The van der Waals surface area contributed by atoms with Gasteiger partial charge in [0.15, 0.2) is 0 Å². The van der Waals surface area contributed by atoms with Crippen LogP contribution in [0.3, 0.4) is 0 Å². The van der Waals surface area contributed by atoms with Gasteiger partial charge >= 0.3 is 0 Å². The molecule has 28 heavy (non-hydrogen) atoms. The van der Waals surface area contributed by atoms with Crippen molar-refractivity contribution in [2.45, 2.75) is 70.6 Å². The molecule has 2 nitrogen and oxygen atoms in total. The van der Waals surface area contributed by atoms with Gasteiger partial charge in [0.2, 0.25) is 0 Å². The van der Waals surface area contributed by atoms with Gasteiger partial charge in [0.1, 0.15) is 6.17 Å². The molecule has 2 aromatic rings. The summed E-state index contributed by atoms with van der Waals surface area (Å²) >= 11 is 0. The van der Waals surface area contributed by atoms with Gasteiger partial charge < -0.3 is 0 Å². The van der Waals surface area contributed by atoms with Crippen molar-refractivity contribution in [1.29, 1.82) is 5.26 Å². The van der Waals surface area contributed by atoms with Gasteiger partial charge in [0, 0.05) is 25.4 Å². The molecule has 2 aromatic carbocycles. The molecule has 1 fully saturated rings. The van der Waals surface area contributed by atoms with Crippen LogP contribution >= 0.6 is 0 Å². The lowest BCUT2D eigenvalue weighted by Crippen LogP contribution is -2.29. The monoisotopic (exact) mass is 380 g/mol. The zero-order valence-electron chi connectivity index (χ0n) is 17.4. The maximum absolute atomic E-state index is 13.9. The highest BCUT2D eigenvalue weighted by Crippen LogP contribution is 2.36. The largest absolute Gasteiger partial charge is 0.299 e. The van der Waals surface area contributed by atoms with Crippen LogP contribution in [-0.2, 0) is 13.0 Å². The summed E-state index contributed by atoms with van der Waals surface area (Å²) in [6.45, 7) is 4.71. The summed E-state index contributed by atoms with van der Waals surface area (Å²) in [7, 11) is 2.20. The Kier molecular flexibility index (Phi) is 9.17. The topological polar surface area (TPSA) is 27.0 Å². The Morgan fingerprint density at radius 1 is 1.07 bits per heavy atom. The lowest BCUT2D eigenvalue weighted by molar-refractivity contribution is 0.238. The number of nitrogens with zero attached hydrogens (tertiary/aromatic N) is 2. The van der Waals surface area contributed by atoms with Gasteiger partial charge in [-0.1, -0.05) is 54.6 Å². The molecule has 3 unspecified atom stereocenters. The van der Waals surface area contributed by atoms with Crippen molar-refractivity contribution >= 4 is 0 Å². The number of alkyl halides is 1. The molecule has 0 saturated heterocycles. The van der Waals surface area contributed by atoms with Crippen molar-refractivity contribution in [2.75, 3.05) is 7.05 Å². The van der Waals surface area contributed by atoms with Gasteiger partial charge in [-0.15, -0.1) is 0 Å². The molecular weight excluding hydrogens is 347 g/mol. The van der Waals surface area contributed by atoms with Crippen LogP contribution in [0.2, 0.25) is 0 Å². The molecule has 3 heteroatoms. The van der Waals surface area contributed by atoms with E-state index in [9.17, 15) is 4.39 Å². The van der Waals surface area contributed by atoms with Crippen molar-refractivity contribution in [3.05, 3.63) is 71.3 Å². The second-order valence-corrected chi connectivity index (χ2v) is 7.81. The Hall–Kier alpha value is -2.18. The van der Waals surface area contributed by atoms with Crippen LogP contribution in [0.1, 0.15) is 62.1 Å². The SMILES string of the molecule is CC#N.CC(CCc1ccc(C2CCCC2F)cc1)N(C)Cc1ccccc1. The minimum absolute atomic E-state index is 0.130. The van der Waals surface area contributed by atoms with Gasteiger partial charge in [-0.2, -0.15) is 5.26 Å². The summed E-state index contributed by atoms with van der Waals surface area (Å²) in [5, 5.41) is 7.32. The molecule has 0 heterocycles. The quantitative estimate of drug-likeness (QED) is 0.565. The Morgan fingerprint density at radius 3 is 2.29 bits per heavy atom. The molecule has 0 N–H and O–H groups in total. The molecule has 0 amide bonds. The maximum atomic E-state index is 13.9. The van der Waals surface area contributed by atoms with Crippen molar-refractivity contribution < 1.29 is 4.39 Å². The number of hydrogen-bond donors (Lipinski definition) is 0. The van der Waals surface area contributed by atoms with E-state index in [1.165, 1.54) is 23.6 Å². The van der Waals surface area contributed by atoms with E-state index >= 15 is 0 Å². The van der Waals surface area contributed by atoms with E-state index in [2.05, 4.69) is 73.5 Å². The third-order valence-electron chi connectivity index (χ3n) is 5.72. The summed E-state index contributed by atoms with van der Waals surface area (Å²) in [6, 6.07) is 21.6. The Balaban J connectivity index is 0.000000878. The van der Waals surface area contributed by atoms with Crippen LogP contribution < -0.4 is 0 Å². The molecule has 150 valence electrons. The molecule has 3 atom stereocenters. The van der Waals surface area contributed by atoms with Gasteiger partial charge in [0.25, 0.3) is 0 Å². The second kappa shape index (κ2) is 11.6. The summed E-state index contributed by atoms with van der Waals surface area (Å²) in [4.78, 5) is 2.41. The van der Waals surface area contributed by atoms with E-state index in [0.717, 1.165) is 38.6 Å². The number of nitriles is 1. The molecular formula is C25H33FN2. The fourth-order valence-corrected chi connectivity index (χ4v) is 3.84. The van der Waals surface area contributed by atoms with Crippen molar-refractivity contribution in [3.63, 3.8) is 0 Å². The second-order valence-electron chi connectivity index (χ2n) is 7.81. The van der Waals surface area contributed by atoms with Gasteiger partial charge in [-0.25, -0.2) is 4.39 Å². The fraction of sp³-hybridized carbons (Fsp3) is 0.480. The molecule has 0 spiro atoms. The number of rotatable bonds is 7. The zero-order valence-corrected chi connectivity index (χ0v) is 17.4. The average molecular weight is 381 g/mol. The predicted molar refractivity (Wildman–Crippen MR) is 115 cm³/mol. The Bertz CT molecular complexity index is 720. The lowest BCUT2D eigenvalue weighted by atomic mass is 9.94. The molecule has 1 aliphatic carbocycles. The summed E-state index contributed by atoms with van der Waals surface area (Å²) in [5.41, 5.74) is 3.90. The van der Waals surface area contributed by atoms with E-state index in [-0.39, 0.29) is 5.92 Å². The normalized spacial score (nSPS) is 19.6. The maximum Gasteiger partial charge on any atom is 0.107 e. The first-order valence-corrected chi connectivity index (χ1v) is 10.3. The highest BCUT2D eigenvalue weighted by molar-refractivity contribution is 5.27. The number of benzene rings is 2. The summed E-state index contributed by atoms with van der Waals surface area (Å²) < 4.78 is 13.9. The molecule has 0 aliphatic heterocycles. The standard InChI is InChI=1S/C23H30FN.C2H3N/c1-18(25(2)17-20-7-4-3-5-8-20)11-12-19-13-15-21(16-14-19)22-9-6-10-23(22)24;1-2-3/h3-5,7-8,13-16,18,22-23H,6,9-12,17H2,1-2H3;1H3. The van der Waals surface area contributed by atoms with Gasteiger partial charge in [-0.3, -0.25) is 4.90 Å². The summed E-state index contributed by atoms with van der Waals surface area (Å²) in [5.74, 6) is 0.130. The molecule has 1 aliphatic rings. The summed E-state index contributed by atoms with van der Waals surface area (Å²) in [6.07, 6.45) is 4.33.